The summed E-state index contributed by atoms with van der Waals surface area (Å²) in [4.78, 5) is 21.6. The molecule has 4 aromatic rings. The van der Waals surface area contributed by atoms with Gasteiger partial charge in [-0.15, -0.1) is 0 Å². The second-order valence-corrected chi connectivity index (χ2v) is 8.20. The number of nitrogens with zero attached hydrogens (tertiary/aromatic N) is 2. The van der Waals surface area contributed by atoms with Gasteiger partial charge in [0.25, 0.3) is 5.91 Å². The Balaban J connectivity index is 1.31. The molecular formula is C28H25N3O4. The summed E-state index contributed by atoms with van der Waals surface area (Å²) >= 11 is 0. The van der Waals surface area contributed by atoms with Gasteiger partial charge in [0.05, 0.1) is 31.5 Å². The van der Waals surface area contributed by atoms with Crippen LogP contribution in [0.2, 0.25) is 0 Å². The van der Waals surface area contributed by atoms with Crippen LogP contribution in [0.1, 0.15) is 15.9 Å². The Morgan fingerprint density at radius 3 is 2.60 bits per heavy atom. The number of carbonyl (C=O) groups excluding carboxylic acids is 1. The minimum Gasteiger partial charge on any atom is -0.497 e. The van der Waals surface area contributed by atoms with Crippen LogP contribution in [-0.4, -0.2) is 42.7 Å². The van der Waals surface area contributed by atoms with Crippen molar-refractivity contribution in [1.29, 1.82) is 0 Å². The molecule has 2 aromatic carbocycles. The van der Waals surface area contributed by atoms with Gasteiger partial charge >= 0.3 is 0 Å². The number of benzene rings is 2. The third-order valence-corrected chi connectivity index (χ3v) is 6.06. The molecule has 0 radical (unpaired) electrons. The van der Waals surface area contributed by atoms with Crippen molar-refractivity contribution >= 4 is 5.91 Å². The van der Waals surface area contributed by atoms with E-state index in [-0.39, 0.29) is 11.9 Å². The van der Waals surface area contributed by atoms with Crippen molar-refractivity contribution in [3.63, 3.8) is 0 Å². The van der Waals surface area contributed by atoms with Crippen LogP contribution in [-0.2, 0) is 6.42 Å². The SMILES string of the molecule is COc1ccc(-c2ccc(C(=O)N[C@@H]3COc4cccc(-c5ccncc5)c4C3)cn2)c(OC)c1. The number of rotatable bonds is 6. The molecule has 5 rings (SSSR count). The molecule has 0 saturated heterocycles. The molecule has 35 heavy (non-hydrogen) atoms. The maximum Gasteiger partial charge on any atom is 0.253 e. The van der Waals surface area contributed by atoms with Crippen molar-refractivity contribution in [1.82, 2.24) is 15.3 Å². The Bertz CT molecular complexity index is 1340. The second-order valence-electron chi connectivity index (χ2n) is 8.20. The van der Waals surface area contributed by atoms with Crippen molar-refractivity contribution in [2.45, 2.75) is 12.5 Å². The predicted molar refractivity (Wildman–Crippen MR) is 133 cm³/mol. The molecule has 0 fully saturated rings. The van der Waals surface area contributed by atoms with E-state index in [1.165, 1.54) is 0 Å². The summed E-state index contributed by atoms with van der Waals surface area (Å²) in [6.07, 6.45) is 5.80. The zero-order valence-corrected chi connectivity index (χ0v) is 19.5. The first-order chi connectivity index (χ1) is 17.2. The molecule has 1 atom stereocenters. The lowest BCUT2D eigenvalue weighted by molar-refractivity contribution is 0.0915. The van der Waals surface area contributed by atoms with Crippen LogP contribution < -0.4 is 19.5 Å². The van der Waals surface area contributed by atoms with Crippen LogP contribution in [0.3, 0.4) is 0 Å². The van der Waals surface area contributed by atoms with Gasteiger partial charge in [0.15, 0.2) is 0 Å². The van der Waals surface area contributed by atoms with E-state index in [9.17, 15) is 4.79 Å². The summed E-state index contributed by atoms with van der Waals surface area (Å²) in [5, 5.41) is 3.09. The van der Waals surface area contributed by atoms with Gasteiger partial charge in [-0.2, -0.15) is 0 Å². The van der Waals surface area contributed by atoms with Crippen LogP contribution in [0.25, 0.3) is 22.4 Å². The van der Waals surface area contributed by atoms with Gasteiger partial charge in [-0.1, -0.05) is 12.1 Å². The summed E-state index contributed by atoms with van der Waals surface area (Å²) in [6.45, 7) is 0.410. The van der Waals surface area contributed by atoms with Crippen LogP contribution >= 0.6 is 0 Å². The first-order valence-electron chi connectivity index (χ1n) is 11.3. The van der Waals surface area contributed by atoms with E-state index in [0.29, 0.717) is 35.8 Å². The minimum atomic E-state index is -0.191. The highest BCUT2D eigenvalue weighted by molar-refractivity contribution is 5.94. The number of pyridine rings is 2. The molecule has 2 aromatic heterocycles. The number of ether oxygens (including phenoxy) is 3. The maximum atomic E-state index is 13.0. The molecule has 1 N–H and O–H groups in total. The normalized spacial score (nSPS) is 14.4. The highest BCUT2D eigenvalue weighted by Crippen LogP contribution is 2.34. The topological polar surface area (TPSA) is 82.6 Å². The molecule has 0 bridgehead atoms. The average Bonchev–Trinajstić information content (AvgIpc) is 2.93. The fourth-order valence-corrected chi connectivity index (χ4v) is 4.27. The molecule has 1 amide bonds. The van der Waals surface area contributed by atoms with Gasteiger partial charge in [0.1, 0.15) is 23.9 Å². The average molecular weight is 468 g/mol. The van der Waals surface area contributed by atoms with Gasteiger partial charge < -0.3 is 19.5 Å². The molecule has 176 valence electrons. The molecule has 1 aliphatic heterocycles. The number of methoxy groups -OCH3 is 2. The van der Waals surface area contributed by atoms with Crippen molar-refractivity contribution < 1.29 is 19.0 Å². The summed E-state index contributed by atoms with van der Waals surface area (Å²) in [5.41, 5.74) is 5.24. The molecule has 7 heteroatoms. The van der Waals surface area contributed by atoms with Crippen LogP contribution in [0.15, 0.2) is 79.3 Å². The third-order valence-electron chi connectivity index (χ3n) is 6.06. The zero-order chi connectivity index (χ0) is 24.2. The van der Waals surface area contributed by atoms with Gasteiger partial charge in [0.2, 0.25) is 0 Å². The summed E-state index contributed by atoms with van der Waals surface area (Å²) in [5.74, 6) is 2.01. The summed E-state index contributed by atoms with van der Waals surface area (Å²) in [7, 11) is 3.21. The Morgan fingerprint density at radius 1 is 1.00 bits per heavy atom. The lowest BCUT2D eigenvalue weighted by atomic mass is 9.93. The number of amides is 1. The molecule has 0 saturated carbocycles. The van der Waals surface area contributed by atoms with E-state index < -0.39 is 0 Å². The Hall–Kier alpha value is -4.39. The van der Waals surface area contributed by atoms with E-state index in [1.807, 2.05) is 42.5 Å². The van der Waals surface area contributed by atoms with E-state index in [2.05, 4.69) is 21.4 Å². The lowest BCUT2D eigenvalue weighted by Crippen LogP contribution is -2.42. The molecular weight excluding hydrogens is 442 g/mol. The Labute approximate surface area is 203 Å². The smallest absolute Gasteiger partial charge is 0.253 e. The monoisotopic (exact) mass is 467 g/mol. The van der Waals surface area contributed by atoms with E-state index in [4.69, 9.17) is 14.2 Å². The highest BCUT2D eigenvalue weighted by atomic mass is 16.5. The number of nitrogens with one attached hydrogen (secondary N) is 1. The third kappa shape index (κ3) is 4.66. The van der Waals surface area contributed by atoms with E-state index in [0.717, 1.165) is 28.0 Å². The summed E-state index contributed by atoms with van der Waals surface area (Å²) in [6, 6.07) is 18.9. The van der Waals surface area contributed by atoms with Crippen LogP contribution in [0, 0.1) is 0 Å². The maximum absolute atomic E-state index is 13.0. The Kier molecular flexibility index (Phi) is 6.30. The molecule has 0 unspecified atom stereocenters. The van der Waals surface area contributed by atoms with Gasteiger partial charge in [-0.05, 0) is 53.6 Å². The number of carbonyl (C=O) groups is 1. The summed E-state index contributed by atoms with van der Waals surface area (Å²) < 4.78 is 16.7. The van der Waals surface area contributed by atoms with Crippen LogP contribution in [0.5, 0.6) is 17.2 Å². The highest BCUT2D eigenvalue weighted by Gasteiger charge is 2.24. The zero-order valence-electron chi connectivity index (χ0n) is 19.5. The van der Waals surface area contributed by atoms with E-state index >= 15 is 0 Å². The van der Waals surface area contributed by atoms with Crippen molar-refractivity contribution in [3.05, 3.63) is 90.4 Å². The quantitative estimate of drug-likeness (QED) is 0.448. The molecule has 0 spiro atoms. The number of hydrogen-bond donors (Lipinski definition) is 1. The minimum absolute atomic E-state index is 0.153. The fraction of sp³-hybridized carbons (Fsp3) is 0.179. The van der Waals surface area contributed by atoms with Gasteiger partial charge in [-0.3, -0.25) is 14.8 Å². The first kappa shape index (κ1) is 22.4. The van der Waals surface area contributed by atoms with Crippen molar-refractivity contribution in [2.75, 3.05) is 20.8 Å². The molecule has 7 nitrogen and oxygen atoms in total. The number of fused-ring (bicyclic) bond motifs is 1. The number of hydrogen-bond acceptors (Lipinski definition) is 6. The fourth-order valence-electron chi connectivity index (χ4n) is 4.27. The molecule has 1 aliphatic rings. The largest absolute Gasteiger partial charge is 0.497 e. The Morgan fingerprint density at radius 2 is 1.86 bits per heavy atom. The standard InChI is InChI=1S/C28H25N3O4/c1-33-21-7-8-23(27(15-21)34-2)25-9-6-19(16-30-25)28(32)31-20-14-24-22(18-10-12-29-13-11-18)4-3-5-26(24)35-17-20/h3-13,15-16,20H,14,17H2,1-2H3,(H,31,32)/t20-/m0/s1. The van der Waals surface area contributed by atoms with Crippen LogP contribution in [0.4, 0.5) is 0 Å². The van der Waals surface area contributed by atoms with Gasteiger partial charge in [-0.25, -0.2) is 0 Å². The predicted octanol–water partition coefficient (Wildman–Crippen LogP) is 4.56. The molecule has 0 aliphatic carbocycles. The van der Waals surface area contributed by atoms with Gasteiger partial charge in [0, 0.05) is 42.2 Å². The van der Waals surface area contributed by atoms with Crippen molar-refractivity contribution in [3.8, 4) is 39.6 Å². The first-order valence-corrected chi connectivity index (χ1v) is 11.3. The van der Waals surface area contributed by atoms with E-state index in [1.54, 1.807) is 44.9 Å². The van der Waals surface area contributed by atoms with Crippen molar-refractivity contribution in [2.24, 2.45) is 0 Å². The molecule has 3 heterocycles. The second kappa shape index (κ2) is 9.85. The number of aromatic nitrogens is 2. The lowest BCUT2D eigenvalue weighted by Gasteiger charge is -2.28.